The third-order valence-corrected chi connectivity index (χ3v) is 4.97. The lowest BCUT2D eigenvalue weighted by molar-refractivity contribution is 0.0981. The fourth-order valence-corrected chi connectivity index (χ4v) is 3.07. The molecule has 116 valence electrons. The summed E-state index contributed by atoms with van der Waals surface area (Å²) in [6.07, 6.45) is 0.864. The summed E-state index contributed by atoms with van der Waals surface area (Å²) < 4.78 is 26.6. The lowest BCUT2D eigenvalue weighted by atomic mass is 10.1. The topological polar surface area (TPSA) is 63.2 Å². The average molecular weight is 317 g/mol. The summed E-state index contributed by atoms with van der Waals surface area (Å²) in [5, 5.41) is 0. The first-order valence-electron chi connectivity index (χ1n) is 7.07. The Kier molecular flexibility index (Phi) is 4.66. The Morgan fingerprint density at radius 1 is 1.00 bits per heavy atom. The van der Waals surface area contributed by atoms with Crippen molar-refractivity contribution in [2.75, 3.05) is 0 Å². The molecule has 4 nitrogen and oxygen atoms in total. The molecule has 0 aliphatic carbocycles. The smallest absolute Gasteiger partial charge is 0.264 e. The standard InChI is InChI=1S/C17H19NO3S/c1-4-14-6-8-15(9-7-14)17(19)18-22(20,21)16-10-5-12(2)13(3)11-16/h5-11H,4H2,1-3H3,(H,18,19). The largest absolute Gasteiger partial charge is 0.268 e. The maximum atomic E-state index is 12.3. The van der Waals surface area contributed by atoms with Crippen LogP contribution in [0.3, 0.4) is 0 Å². The molecule has 0 fully saturated rings. The van der Waals surface area contributed by atoms with Gasteiger partial charge in [0.05, 0.1) is 4.90 Å². The van der Waals surface area contributed by atoms with Gasteiger partial charge in [-0.25, -0.2) is 13.1 Å². The van der Waals surface area contributed by atoms with Crippen LogP contribution in [0, 0.1) is 13.8 Å². The van der Waals surface area contributed by atoms with E-state index in [0.29, 0.717) is 5.56 Å². The van der Waals surface area contributed by atoms with Crippen molar-refractivity contribution < 1.29 is 13.2 Å². The van der Waals surface area contributed by atoms with E-state index in [9.17, 15) is 13.2 Å². The summed E-state index contributed by atoms with van der Waals surface area (Å²) in [6.45, 7) is 5.75. The van der Waals surface area contributed by atoms with Gasteiger partial charge in [0.2, 0.25) is 0 Å². The van der Waals surface area contributed by atoms with Crippen LogP contribution in [0.25, 0.3) is 0 Å². The Morgan fingerprint density at radius 2 is 1.64 bits per heavy atom. The molecule has 1 N–H and O–H groups in total. The van der Waals surface area contributed by atoms with Crippen LogP contribution >= 0.6 is 0 Å². The molecule has 1 amide bonds. The van der Waals surface area contributed by atoms with Gasteiger partial charge in [-0.15, -0.1) is 0 Å². The van der Waals surface area contributed by atoms with Gasteiger partial charge in [-0.3, -0.25) is 4.79 Å². The van der Waals surface area contributed by atoms with Crippen molar-refractivity contribution in [3.05, 3.63) is 64.7 Å². The number of carbonyl (C=O) groups excluding carboxylic acids is 1. The van der Waals surface area contributed by atoms with Gasteiger partial charge in [0.25, 0.3) is 15.9 Å². The summed E-state index contributed by atoms with van der Waals surface area (Å²) in [5.74, 6) is -0.624. The van der Waals surface area contributed by atoms with E-state index in [1.165, 1.54) is 6.07 Å². The number of aryl methyl sites for hydroxylation is 3. The summed E-state index contributed by atoms with van der Waals surface area (Å²) in [5.41, 5.74) is 3.28. The van der Waals surface area contributed by atoms with Gasteiger partial charge < -0.3 is 0 Å². The minimum Gasteiger partial charge on any atom is -0.268 e. The predicted octanol–water partition coefficient (Wildman–Crippen LogP) is 2.98. The van der Waals surface area contributed by atoms with E-state index < -0.39 is 15.9 Å². The molecular weight excluding hydrogens is 298 g/mol. The maximum absolute atomic E-state index is 12.3. The lowest BCUT2D eigenvalue weighted by Gasteiger charge is -2.09. The zero-order chi connectivity index (χ0) is 16.3. The molecule has 0 radical (unpaired) electrons. The van der Waals surface area contributed by atoms with Crippen molar-refractivity contribution in [1.29, 1.82) is 0 Å². The Morgan fingerprint density at radius 3 is 2.18 bits per heavy atom. The molecule has 22 heavy (non-hydrogen) atoms. The van der Waals surface area contributed by atoms with Crippen LogP contribution < -0.4 is 4.72 Å². The molecule has 0 aliphatic heterocycles. The highest BCUT2D eigenvalue weighted by Gasteiger charge is 2.19. The van der Waals surface area contributed by atoms with Crippen LogP contribution in [0.1, 0.15) is 34.0 Å². The Labute approximate surface area is 131 Å². The van der Waals surface area contributed by atoms with Crippen LogP contribution in [-0.4, -0.2) is 14.3 Å². The highest BCUT2D eigenvalue weighted by Crippen LogP contribution is 2.15. The van der Waals surface area contributed by atoms with Crippen molar-refractivity contribution in [3.63, 3.8) is 0 Å². The molecule has 2 aromatic rings. The number of rotatable bonds is 4. The van der Waals surface area contributed by atoms with Gasteiger partial charge in [0.15, 0.2) is 0 Å². The quantitative estimate of drug-likeness (QED) is 0.943. The van der Waals surface area contributed by atoms with Gasteiger partial charge >= 0.3 is 0 Å². The highest BCUT2D eigenvalue weighted by molar-refractivity contribution is 7.90. The molecule has 0 saturated carbocycles. The maximum Gasteiger partial charge on any atom is 0.264 e. The highest BCUT2D eigenvalue weighted by atomic mass is 32.2. The van der Waals surface area contributed by atoms with Crippen molar-refractivity contribution in [2.24, 2.45) is 0 Å². The third-order valence-electron chi connectivity index (χ3n) is 3.64. The number of nitrogens with one attached hydrogen (secondary N) is 1. The molecule has 2 rings (SSSR count). The number of hydrogen-bond donors (Lipinski definition) is 1. The second-order valence-electron chi connectivity index (χ2n) is 5.23. The lowest BCUT2D eigenvalue weighted by Crippen LogP contribution is -2.30. The van der Waals surface area contributed by atoms with E-state index in [-0.39, 0.29) is 4.90 Å². The van der Waals surface area contributed by atoms with Crippen molar-refractivity contribution >= 4 is 15.9 Å². The van der Waals surface area contributed by atoms with E-state index in [0.717, 1.165) is 23.1 Å². The molecule has 5 heteroatoms. The number of carbonyl (C=O) groups is 1. The summed E-state index contributed by atoms with van der Waals surface area (Å²) in [7, 11) is -3.86. The van der Waals surface area contributed by atoms with Crippen molar-refractivity contribution in [3.8, 4) is 0 Å². The molecule has 0 unspecified atom stereocenters. The normalized spacial score (nSPS) is 11.2. The summed E-state index contributed by atoms with van der Waals surface area (Å²) in [4.78, 5) is 12.2. The Balaban J connectivity index is 2.23. The molecule has 0 spiro atoms. The van der Waals surface area contributed by atoms with Gasteiger partial charge in [0, 0.05) is 5.56 Å². The monoisotopic (exact) mass is 317 g/mol. The van der Waals surface area contributed by atoms with E-state index >= 15 is 0 Å². The van der Waals surface area contributed by atoms with Crippen LogP contribution in [-0.2, 0) is 16.4 Å². The molecule has 0 aliphatic rings. The molecule has 0 bridgehead atoms. The Hall–Kier alpha value is -2.14. The fourth-order valence-electron chi connectivity index (χ4n) is 2.01. The van der Waals surface area contributed by atoms with Gasteiger partial charge in [-0.05, 0) is 61.2 Å². The molecule has 0 saturated heterocycles. The zero-order valence-corrected chi connectivity index (χ0v) is 13.7. The molecule has 0 atom stereocenters. The number of benzene rings is 2. The number of sulfonamides is 1. The third kappa shape index (κ3) is 3.54. The first-order valence-corrected chi connectivity index (χ1v) is 8.55. The van der Waals surface area contributed by atoms with E-state index in [2.05, 4.69) is 4.72 Å². The number of amides is 1. The molecule has 0 aromatic heterocycles. The van der Waals surface area contributed by atoms with E-state index in [1.54, 1.807) is 24.3 Å². The van der Waals surface area contributed by atoms with Crippen molar-refractivity contribution in [2.45, 2.75) is 32.1 Å². The zero-order valence-electron chi connectivity index (χ0n) is 12.9. The van der Waals surface area contributed by atoms with Gasteiger partial charge in [-0.2, -0.15) is 0 Å². The van der Waals surface area contributed by atoms with E-state index in [1.807, 2.05) is 32.9 Å². The van der Waals surface area contributed by atoms with Crippen LogP contribution in [0.15, 0.2) is 47.4 Å². The van der Waals surface area contributed by atoms with Gasteiger partial charge in [-0.1, -0.05) is 25.1 Å². The van der Waals surface area contributed by atoms with Gasteiger partial charge in [0.1, 0.15) is 0 Å². The first-order chi connectivity index (χ1) is 10.3. The second kappa shape index (κ2) is 6.32. The minimum atomic E-state index is -3.86. The minimum absolute atomic E-state index is 0.0918. The fraction of sp³-hybridized carbons (Fsp3) is 0.235. The first kappa shape index (κ1) is 16.2. The van der Waals surface area contributed by atoms with Crippen LogP contribution in [0.5, 0.6) is 0 Å². The van der Waals surface area contributed by atoms with Crippen LogP contribution in [0.2, 0.25) is 0 Å². The predicted molar refractivity (Wildman–Crippen MR) is 86.4 cm³/mol. The molecule has 2 aromatic carbocycles. The summed E-state index contributed by atoms with van der Waals surface area (Å²) >= 11 is 0. The molecule has 0 heterocycles. The molecular formula is C17H19NO3S. The van der Waals surface area contributed by atoms with Crippen LogP contribution in [0.4, 0.5) is 0 Å². The number of hydrogen-bond acceptors (Lipinski definition) is 3. The van der Waals surface area contributed by atoms with Crippen molar-refractivity contribution in [1.82, 2.24) is 4.72 Å². The second-order valence-corrected chi connectivity index (χ2v) is 6.91. The Bertz CT molecular complexity index is 793. The SMILES string of the molecule is CCc1ccc(C(=O)NS(=O)(=O)c2ccc(C)c(C)c2)cc1. The summed E-state index contributed by atoms with van der Waals surface area (Å²) in [6, 6.07) is 11.7. The van der Waals surface area contributed by atoms with E-state index in [4.69, 9.17) is 0 Å². The average Bonchev–Trinajstić information content (AvgIpc) is 2.49.